The summed E-state index contributed by atoms with van der Waals surface area (Å²) in [6.07, 6.45) is 1.38. The highest BCUT2D eigenvalue weighted by Crippen LogP contribution is 2.35. The summed E-state index contributed by atoms with van der Waals surface area (Å²) >= 11 is 1.69. The molecule has 1 aromatic heterocycles. The van der Waals surface area contributed by atoms with Crippen molar-refractivity contribution in [3.8, 4) is 0 Å². The zero-order chi connectivity index (χ0) is 10.3. The van der Waals surface area contributed by atoms with E-state index in [0.717, 1.165) is 11.4 Å². The van der Waals surface area contributed by atoms with Gasteiger partial charge < -0.3 is 10.5 Å². The summed E-state index contributed by atoms with van der Waals surface area (Å²) in [5, 5.41) is 1.03. The minimum Gasteiger partial charge on any atom is -0.370 e. The average molecular weight is 212 g/mol. The zero-order valence-corrected chi connectivity index (χ0v) is 9.60. The summed E-state index contributed by atoms with van der Waals surface area (Å²) in [6, 6.07) is 0.0353. The topological polar surface area (TPSA) is 48.1 Å². The number of hydrogen-bond donors (Lipinski definition) is 1. The SMILES string of the molecule is CC1Cc2nc([C@@H](C)N)sc2C(C)O1. The molecule has 3 atom stereocenters. The largest absolute Gasteiger partial charge is 0.370 e. The van der Waals surface area contributed by atoms with Crippen molar-refractivity contribution in [2.45, 2.75) is 45.4 Å². The second-order valence-electron chi connectivity index (χ2n) is 3.94. The second-order valence-corrected chi connectivity index (χ2v) is 5.01. The molecule has 0 radical (unpaired) electrons. The summed E-state index contributed by atoms with van der Waals surface area (Å²) in [4.78, 5) is 5.82. The van der Waals surface area contributed by atoms with Gasteiger partial charge in [-0.3, -0.25) is 0 Å². The van der Waals surface area contributed by atoms with Crippen LogP contribution in [0.4, 0.5) is 0 Å². The first-order chi connectivity index (χ1) is 6.58. The van der Waals surface area contributed by atoms with E-state index in [2.05, 4.69) is 18.8 Å². The van der Waals surface area contributed by atoms with Crippen LogP contribution in [0.3, 0.4) is 0 Å². The van der Waals surface area contributed by atoms with Crippen LogP contribution in [-0.2, 0) is 11.2 Å². The lowest BCUT2D eigenvalue weighted by molar-refractivity contribution is -0.00318. The molecule has 2 N–H and O–H groups in total. The smallest absolute Gasteiger partial charge is 0.110 e. The number of thiazole rings is 1. The lowest BCUT2D eigenvalue weighted by atomic mass is 10.1. The van der Waals surface area contributed by atoms with Gasteiger partial charge in [0.25, 0.3) is 0 Å². The summed E-state index contributed by atoms with van der Waals surface area (Å²) in [5.74, 6) is 0. The van der Waals surface area contributed by atoms with Crippen molar-refractivity contribution in [3.63, 3.8) is 0 Å². The van der Waals surface area contributed by atoms with Crippen molar-refractivity contribution in [1.82, 2.24) is 4.98 Å². The van der Waals surface area contributed by atoms with Gasteiger partial charge >= 0.3 is 0 Å². The van der Waals surface area contributed by atoms with Gasteiger partial charge in [-0.1, -0.05) is 0 Å². The zero-order valence-electron chi connectivity index (χ0n) is 8.78. The molecular formula is C10H16N2OS. The van der Waals surface area contributed by atoms with E-state index in [0.29, 0.717) is 0 Å². The summed E-state index contributed by atoms with van der Waals surface area (Å²) in [6.45, 7) is 6.14. The number of nitrogens with two attached hydrogens (primary N) is 1. The summed E-state index contributed by atoms with van der Waals surface area (Å²) in [7, 11) is 0. The van der Waals surface area contributed by atoms with E-state index in [-0.39, 0.29) is 18.2 Å². The summed E-state index contributed by atoms with van der Waals surface area (Å²) in [5.41, 5.74) is 7.00. The number of aromatic nitrogens is 1. The number of nitrogens with zero attached hydrogens (tertiary/aromatic N) is 1. The molecule has 14 heavy (non-hydrogen) atoms. The molecule has 0 saturated carbocycles. The number of hydrogen-bond acceptors (Lipinski definition) is 4. The Balaban J connectivity index is 2.35. The fraction of sp³-hybridized carbons (Fsp3) is 0.700. The third-order valence-corrected chi connectivity index (χ3v) is 3.88. The van der Waals surface area contributed by atoms with Gasteiger partial charge in [0.15, 0.2) is 0 Å². The normalized spacial score (nSPS) is 28.6. The average Bonchev–Trinajstić information content (AvgIpc) is 2.47. The predicted molar refractivity (Wildman–Crippen MR) is 57.4 cm³/mol. The molecule has 1 aliphatic rings. The number of rotatable bonds is 1. The highest BCUT2D eigenvalue weighted by atomic mass is 32.1. The maximum Gasteiger partial charge on any atom is 0.110 e. The van der Waals surface area contributed by atoms with Crippen molar-refractivity contribution >= 4 is 11.3 Å². The van der Waals surface area contributed by atoms with Gasteiger partial charge in [0.05, 0.1) is 28.8 Å². The van der Waals surface area contributed by atoms with E-state index in [1.807, 2.05) is 6.92 Å². The molecule has 2 rings (SSSR count). The molecule has 2 heterocycles. The minimum atomic E-state index is 0.0353. The van der Waals surface area contributed by atoms with Crippen molar-refractivity contribution in [3.05, 3.63) is 15.6 Å². The van der Waals surface area contributed by atoms with Crippen LogP contribution in [0.25, 0.3) is 0 Å². The molecule has 78 valence electrons. The number of fused-ring (bicyclic) bond motifs is 1. The fourth-order valence-corrected chi connectivity index (χ4v) is 2.81. The first-order valence-corrected chi connectivity index (χ1v) is 5.80. The van der Waals surface area contributed by atoms with E-state index >= 15 is 0 Å². The lowest BCUT2D eigenvalue weighted by Crippen LogP contribution is -2.20. The third kappa shape index (κ3) is 1.69. The highest BCUT2D eigenvalue weighted by Gasteiger charge is 2.26. The molecule has 0 aromatic carbocycles. The maximum absolute atomic E-state index is 5.81. The quantitative estimate of drug-likeness (QED) is 0.776. The maximum atomic E-state index is 5.81. The van der Waals surface area contributed by atoms with Crippen LogP contribution in [0, 0.1) is 0 Å². The van der Waals surface area contributed by atoms with Crippen LogP contribution in [0.15, 0.2) is 0 Å². The Hall–Kier alpha value is -0.450. The molecule has 4 heteroatoms. The lowest BCUT2D eigenvalue weighted by Gasteiger charge is -2.23. The molecule has 3 nitrogen and oxygen atoms in total. The Kier molecular flexibility index (Phi) is 2.60. The van der Waals surface area contributed by atoms with Crippen LogP contribution in [0.5, 0.6) is 0 Å². The van der Waals surface area contributed by atoms with E-state index in [4.69, 9.17) is 10.5 Å². The van der Waals surface area contributed by atoms with Crippen LogP contribution in [0.2, 0.25) is 0 Å². The first kappa shape index (κ1) is 10.1. The van der Waals surface area contributed by atoms with Gasteiger partial charge in [-0.2, -0.15) is 0 Å². The predicted octanol–water partition coefficient (Wildman–Crippen LogP) is 2.19. The van der Waals surface area contributed by atoms with Crippen molar-refractivity contribution in [2.75, 3.05) is 0 Å². The molecule has 0 fully saturated rings. The fourth-order valence-electron chi connectivity index (χ4n) is 1.77. The van der Waals surface area contributed by atoms with Crippen LogP contribution in [-0.4, -0.2) is 11.1 Å². The van der Waals surface area contributed by atoms with E-state index in [1.165, 1.54) is 10.6 Å². The van der Waals surface area contributed by atoms with Gasteiger partial charge in [0, 0.05) is 6.42 Å². The van der Waals surface area contributed by atoms with Crippen LogP contribution >= 0.6 is 11.3 Å². The Bertz CT molecular complexity index is 335. The van der Waals surface area contributed by atoms with E-state index < -0.39 is 0 Å². The monoisotopic (exact) mass is 212 g/mol. The summed E-state index contributed by atoms with van der Waals surface area (Å²) < 4.78 is 5.74. The Morgan fingerprint density at radius 1 is 1.57 bits per heavy atom. The molecule has 2 unspecified atom stereocenters. The standard InChI is InChI=1S/C10H16N2OS/c1-5-4-8-9(7(3)13-5)14-10(12-8)6(2)11/h5-7H,4,11H2,1-3H3/t5?,6-,7?/m1/s1. The molecule has 0 aliphatic carbocycles. The highest BCUT2D eigenvalue weighted by molar-refractivity contribution is 7.11. The van der Waals surface area contributed by atoms with Crippen molar-refractivity contribution < 1.29 is 4.74 Å². The molecule has 0 amide bonds. The van der Waals surface area contributed by atoms with E-state index in [9.17, 15) is 0 Å². The molecular weight excluding hydrogens is 196 g/mol. The van der Waals surface area contributed by atoms with Gasteiger partial charge in [0.1, 0.15) is 5.01 Å². The molecule has 0 spiro atoms. The Morgan fingerprint density at radius 3 is 2.93 bits per heavy atom. The molecule has 0 bridgehead atoms. The van der Waals surface area contributed by atoms with Gasteiger partial charge in [0.2, 0.25) is 0 Å². The van der Waals surface area contributed by atoms with Crippen LogP contribution < -0.4 is 5.73 Å². The van der Waals surface area contributed by atoms with Gasteiger partial charge in [-0.05, 0) is 20.8 Å². The van der Waals surface area contributed by atoms with Gasteiger partial charge in [-0.25, -0.2) is 4.98 Å². The minimum absolute atomic E-state index is 0.0353. The molecule has 0 saturated heterocycles. The molecule has 1 aliphatic heterocycles. The first-order valence-electron chi connectivity index (χ1n) is 4.98. The van der Waals surface area contributed by atoms with E-state index in [1.54, 1.807) is 11.3 Å². The Labute approximate surface area is 88.3 Å². The molecule has 1 aromatic rings. The van der Waals surface area contributed by atoms with Crippen LogP contribution in [0.1, 0.15) is 48.5 Å². The van der Waals surface area contributed by atoms with Gasteiger partial charge in [-0.15, -0.1) is 11.3 Å². The van der Waals surface area contributed by atoms with Crippen molar-refractivity contribution in [1.29, 1.82) is 0 Å². The third-order valence-electron chi connectivity index (χ3n) is 2.42. The Morgan fingerprint density at radius 2 is 2.29 bits per heavy atom. The van der Waals surface area contributed by atoms with Crippen molar-refractivity contribution in [2.24, 2.45) is 5.73 Å². The second kappa shape index (κ2) is 3.61. The number of ether oxygens (including phenoxy) is 1.